The number of nitrogens with zero attached hydrogens (tertiary/aromatic N) is 2. The molecule has 1 aromatic rings. The first-order chi connectivity index (χ1) is 11.2. The molecule has 0 bridgehead atoms. The predicted molar refractivity (Wildman–Crippen MR) is 92.4 cm³/mol. The van der Waals surface area contributed by atoms with Crippen LogP contribution in [0.25, 0.3) is 0 Å². The second kappa shape index (κ2) is 6.52. The van der Waals surface area contributed by atoms with E-state index in [1.807, 2.05) is 11.3 Å². The highest BCUT2D eigenvalue weighted by molar-refractivity contribution is 7.09. The zero-order valence-corrected chi connectivity index (χ0v) is 14.8. The van der Waals surface area contributed by atoms with Crippen LogP contribution in [0.5, 0.6) is 0 Å². The fraction of sp³-hybridized carbons (Fsp3) is 0.778. The van der Waals surface area contributed by atoms with Crippen LogP contribution in [0.15, 0.2) is 5.38 Å². The Morgan fingerprint density at radius 1 is 1.35 bits per heavy atom. The van der Waals surface area contributed by atoms with Gasteiger partial charge in [-0.15, -0.1) is 11.3 Å². The predicted octanol–water partition coefficient (Wildman–Crippen LogP) is 3.15. The molecule has 2 heterocycles. The Balaban J connectivity index is 1.30. The summed E-state index contributed by atoms with van der Waals surface area (Å²) >= 11 is 1.82. The molecule has 3 fully saturated rings. The Labute approximate surface area is 142 Å². The van der Waals surface area contributed by atoms with E-state index in [0.717, 1.165) is 51.2 Å². The van der Waals surface area contributed by atoms with Crippen LogP contribution < -0.4 is 5.32 Å². The van der Waals surface area contributed by atoms with E-state index in [4.69, 9.17) is 4.98 Å². The highest BCUT2D eigenvalue weighted by Gasteiger charge is 2.37. The van der Waals surface area contributed by atoms with E-state index in [9.17, 15) is 4.79 Å². The van der Waals surface area contributed by atoms with Crippen molar-refractivity contribution in [2.45, 2.75) is 64.0 Å². The number of nitrogens with one attached hydrogen (secondary N) is 1. The van der Waals surface area contributed by atoms with Gasteiger partial charge in [-0.3, -0.25) is 4.79 Å². The number of thiazole rings is 1. The van der Waals surface area contributed by atoms with Gasteiger partial charge in [0.1, 0.15) is 0 Å². The van der Waals surface area contributed by atoms with Crippen molar-refractivity contribution in [3.8, 4) is 0 Å². The molecule has 4 rings (SSSR count). The number of aromatic nitrogens is 1. The molecule has 0 unspecified atom stereocenters. The lowest BCUT2D eigenvalue weighted by atomic mass is 9.89. The summed E-state index contributed by atoms with van der Waals surface area (Å²) < 4.78 is 0. The van der Waals surface area contributed by atoms with Gasteiger partial charge < -0.3 is 10.2 Å². The molecule has 4 nitrogen and oxygen atoms in total. The standard InChI is InChI=1S/C18H27N3OS/c1-2-12-10-21(18(22)14-5-6-14)8-7-16(12)19-9-15-11-23-17(20-15)13-3-4-13/h11-14,16,19H,2-10H2,1H3/t12-,16-/m1/s1. The van der Waals surface area contributed by atoms with Gasteiger partial charge in [0.25, 0.3) is 0 Å². The highest BCUT2D eigenvalue weighted by atomic mass is 32.1. The summed E-state index contributed by atoms with van der Waals surface area (Å²) in [5.41, 5.74) is 1.20. The maximum Gasteiger partial charge on any atom is 0.225 e. The van der Waals surface area contributed by atoms with Gasteiger partial charge in [-0.05, 0) is 38.0 Å². The molecule has 126 valence electrons. The van der Waals surface area contributed by atoms with Gasteiger partial charge in [-0.25, -0.2) is 4.98 Å². The topological polar surface area (TPSA) is 45.2 Å². The Kier molecular flexibility index (Phi) is 4.41. The van der Waals surface area contributed by atoms with Gasteiger partial charge in [0.2, 0.25) is 5.91 Å². The van der Waals surface area contributed by atoms with Crippen molar-refractivity contribution in [3.05, 3.63) is 16.1 Å². The van der Waals surface area contributed by atoms with E-state index in [1.165, 1.54) is 23.5 Å². The molecule has 5 heteroatoms. The van der Waals surface area contributed by atoms with Gasteiger partial charge in [0.05, 0.1) is 10.7 Å². The Bertz CT molecular complexity index is 564. The van der Waals surface area contributed by atoms with Gasteiger partial charge in [-0.2, -0.15) is 0 Å². The molecule has 2 saturated carbocycles. The minimum Gasteiger partial charge on any atom is -0.342 e. The number of rotatable bonds is 6. The molecule has 1 aromatic heterocycles. The van der Waals surface area contributed by atoms with Crippen molar-refractivity contribution >= 4 is 17.2 Å². The number of piperidine rings is 1. The number of amides is 1. The van der Waals surface area contributed by atoms with Crippen LogP contribution in [0.3, 0.4) is 0 Å². The van der Waals surface area contributed by atoms with Crippen LogP contribution in [-0.4, -0.2) is 34.9 Å². The molecular weight excluding hydrogens is 306 g/mol. The number of hydrogen-bond donors (Lipinski definition) is 1. The van der Waals surface area contributed by atoms with Crippen LogP contribution in [0.2, 0.25) is 0 Å². The van der Waals surface area contributed by atoms with E-state index in [2.05, 4.69) is 22.5 Å². The monoisotopic (exact) mass is 333 g/mol. The van der Waals surface area contributed by atoms with Crippen molar-refractivity contribution in [3.63, 3.8) is 0 Å². The van der Waals surface area contributed by atoms with Crippen LogP contribution in [-0.2, 0) is 11.3 Å². The van der Waals surface area contributed by atoms with Crippen LogP contribution >= 0.6 is 11.3 Å². The Hall–Kier alpha value is -0.940. The zero-order chi connectivity index (χ0) is 15.8. The van der Waals surface area contributed by atoms with E-state index >= 15 is 0 Å². The minimum absolute atomic E-state index is 0.355. The fourth-order valence-electron chi connectivity index (χ4n) is 3.66. The maximum atomic E-state index is 12.3. The number of carbonyl (C=O) groups is 1. The molecule has 2 aliphatic carbocycles. The summed E-state index contributed by atoms with van der Waals surface area (Å²) in [7, 11) is 0. The molecule has 0 spiro atoms. The van der Waals surface area contributed by atoms with Crippen molar-refractivity contribution in [2.75, 3.05) is 13.1 Å². The normalized spacial score (nSPS) is 28.1. The average Bonchev–Trinajstić information content (AvgIpc) is 3.50. The summed E-state index contributed by atoms with van der Waals surface area (Å²) in [6.07, 6.45) is 7.09. The Morgan fingerprint density at radius 2 is 2.17 bits per heavy atom. The van der Waals surface area contributed by atoms with Crippen LogP contribution in [0.4, 0.5) is 0 Å². The van der Waals surface area contributed by atoms with Crippen molar-refractivity contribution < 1.29 is 4.79 Å². The molecule has 1 saturated heterocycles. The van der Waals surface area contributed by atoms with Crippen LogP contribution in [0.1, 0.15) is 62.1 Å². The summed E-state index contributed by atoms with van der Waals surface area (Å²) in [6.45, 7) is 4.99. The lowest BCUT2D eigenvalue weighted by Gasteiger charge is -2.39. The first kappa shape index (κ1) is 15.6. The van der Waals surface area contributed by atoms with E-state index in [1.54, 1.807) is 0 Å². The molecule has 1 aliphatic heterocycles. The minimum atomic E-state index is 0.355. The number of carbonyl (C=O) groups excluding carboxylic acids is 1. The van der Waals surface area contributed by atoms with Crippen molar-refractivity contribution in [2.24, 2.45) is 11.8 Å². The fourth-order valence-corrected chi connectivity index (χ4v) is 4.65. The first-order valence-electron chi connectivity index (χ1n) is 9.21. The molecule has 2 atom stereocenters. The van der Waals surface area contributed by atoms with Crippen LogP contribution in [0, 0.1) is 11.8 Å². The van der Waals surface area contributed by atoms with E-state index in [0.29, 0.717) is 23.8 Å². The molecule has 0 radical (unpaired) electrons. The molecule has 1 N–H and O–H groups in total. The molecular formula is C18H27N3OS. The molecule has 23 heavy (non-hydrogen) atoms. The maximum absolute atomic E-state index is 12.3. The lowest BCUT2D eigenvalue weighted by molar-refractivity contribution is -0.134. The molecule has 1 amide bonds. The zero-order valence-electron chi connectivity index (χ0n) is 14.0. The van der Waals surface area contributed by atoms with Crippen molar-refractivity contribution in [1.29, 1.82) is 0 Å². The molecule has 0 aromatic carbocycles. The number of likely N-dealkylation sites (tertiary alicyclic amines) is 1. The largest absolute Gasteiger partial charge is 0.342 e. The van der Waals surface area contributed by atoms with Gasteiger partial charge in [0.15, 0.2) is 0 Å². The van der Waals surface area contributed by atoms with Gasteiger partial charge >= 0.3 is 0 Å². The lowest BCUT2D eigenvalue weighted by Crippen LogP contribution is -2.51. The summed E-state index contributed by atoms with van der Waals surface area (Å²) in [6, 6.07) is 0.523. The summed E-state index contributed by atoms with van der Waals surface area (Å²) in [5, 5.41) is 7.27. The van der Waals surface area contributed by atoms with Gasteiger partial charge in [0, 0.05) is 42.9 Å². The Morgan fingerprint density at radius 3 is 2.87 bits per heavy atom. The second-order valence-electron chi connectivity index (χ2n) is 7.45. The molecule has 3 aliphatic rings. The summed E-state index contributed by atoms with van der Waals surface area (Å²) in [5.74, 6) is 2.10. The van der Waals surface area contributed by atoms with E-state index in [-0.39, 0.29) is 0 Å². The second-order valence-corrected chi connectivity index (χ2v) is 8.34. The smallest absolute Gasteiger partial charge is 0.225 e. The third kappa shape index (κ3) is 3.61. The first-order valence-corrected chi connectivity index (χ1v) is 10.1. The van der Waals surface area contributed by atoms with E-state index < -0.39 is 0 Å². The highest BCUT2D eigenvalue weighted by Crippen LogP contribution is 2.41. The summed E-state index contributed by atoms with van der Waals surface area (Å²) in [4.78, 5) is 19.2. The third-order valence-electron chi connectivity index (χ3n) is 5.54. The number of hydrogen-bond acceptors (Lipinski definition) is 4. The average molecular weight is 334 g/mol. The quantitative estimate of drug-likeness (QED) is 0.870. The van der Waals surface area contributed by atoms with Crippen molar-refractivity contribution in [1.82, 2.24) is 15.2 Å². The van der Waals surface area contributed by atoms with Gasteiger partial charge in [-0.1, -0.05) is 13.3 Å². The third-order valence-corrected chi connectivity index (χ3v) is 6.59. The SMILES string of the molecule is CC[C@@H]1CN(C(=O)C2CC2)CC[C@H]1NCc1csc(C2CC2)n1.